The maximum Gasteiger partial charge on any atom is 0.340 e. The number of hydrogen-bond acceptors (Lipinski definition) is 6. The van der Waals surface area contributed by atoms with E-state index in [1.165, 1.54) is 37.6 Å². The van der Waals surface area contributed by atoms with Crippen molar-refractivity contribution in [1.82, 2.24) is 0 Å². The number of furan rings is 1. The molecule has 0 saturated carbocycles. The minimum absolute atomic E-state index is 0.0103. The van der Waals surface area contributed by atoms with Gasteiger partial charge in [-0.05, 0) is 42.5 Å². The van der Waals surface area contributed by atoms with Crippen molar-refractivity contribution in [3.8, 4) is 5.75 Å². The highest BCUT2D eigenvalue weighted by Gasteiger charge is 2.28. The first kappa shape index (κ1) is 22.5. The fourth-order valence-electron chi connectivity index (χ4n) is 2.84. The van der Waals surface area contributed by atoms with E-state index in [0.29, 0.717) is 17.2 Å². The topological polar surface area (TPSA) is 86.0 Å². The van der Waals surface area contributed by atoms with Crippen LogP contribution in [0.5, 0.6) is 5.75 Å². The lowest BCUT2D eigenvalue weighted by Gasteiger charge is -2.25. The third kappa shape index (κ3) is 4.92. The van der Waals surface area contributed by atoms with E-state index < -0.39 is 16.0 Å². The van der Waals surface area contributed by atoms with Gasteiger partial charge in [0.25, 0.3) is 10.0 Å². The Hall–Kier alpha value is -3.23. The Morgan fingerprint density at radius 1 is 1.19 bits per heavy atom. The first-order valence-corrected chi connectivity index (χ1v) is 11.0. The summed E-state index contributed by atoms with van der Waals surface area (Å²) in [7, 11) is -2.63. The molecule has 2 aromatic carbocycles. The summed E-state index contributed by atoms with van der Waals surface area (Å²) in [6.07, 6.45) is 2.91. The zero-order valence-electron chi connectivity index (χ0n) is 16.7. The van der Waals surface area contributed by atoms with Gasteiger partial charge >= 0.3 is 5.97 Å². The largest absolute Gasteiger partial charge is 0.495 e. The number of carbonyl (C=O) groups is 1. The Labute approximate surface area is 185 Å². The Kier molecular flexibility index (Phi) is 7.04. The predicted molar refractivity (Wildman–Crippen MR) is 117 cm³/mol. The SMILES string of the molecule is C=CCN(c1ccccc1OC)S(=O)(=O)c1ccc(Cl)c(C(=O)OCc2ccco2)c1. The number of para-hydroxylation sites is 2. The number of rotatable bonds is 9. The molecular weight excluding hydrogens is 442 g/mol. The van der Waals surface area contributed by atoms with Crippen LogP contribution in [0.4, 0.5) is 5.69 Å². The normalized spacial score (nSPS) is 11.0. The van der Waals surface area contributed by atoms with E-state index >= 15 is 0 Å². The second kappa shape index (κ2) is 9.72. The maximum absolute atomic E-state index is 13.4. The molecule has 0 bridgehead atoms. The molecule has 0 spiro atoms. The third-order valence-corrected chi connectivity index (χ3v) is 6.43. The Balaban J connectivity index is 1.96. The summed E-state index contributed by atoms with van der Waals surface area (Å²) in [6, 6.07) is 13.9. The van der Waals surface area contributed by atoms with Crippen LogP contribution in [0.25, 0.3) is 0 Å². The first-order chi connectivity index (χ1) is 14.9. The van der Waals surface area contributed by atoms with Crippen LogP contribution in [0.2, 0.25) is 5.02 Å². The summed E-state index contributed by atoms with van der Waals surface area (Å²) in [5.74, 6) is 0.0487. The van der Waals surface area contributed by atoms with Gasteiger partial charge in [0, 0.05) is 0 Å². The van der Waals surface area contributed by atoms with Crippen molar-refractivity contribution in [2.24, 2.45) is 0 Å². The molecule has 0 aliphatic heterocycles. The van der Waals surface area contributed by atoms with Gasteiger partial charge < -0.3 is 13.9 Å². The number of sulfonamides is 1. The molecule has 1 heterocycles. The standard InChI is InChI=1S/C22H20ClNO6S/c1-3-12-24(20-8-4-5-9-21(20)28-2)31(26,27)17-10-11-19(23)18(14-17)22(25)30-15-16-7-6-13-29-16/h3-11,13-14H,1,12,15H2,2H3. The molecule has 0 atom stereocenters. The minimum atomic E-state index is -4.08. The van der Waals surface area contributed by atoms with Crippen molar-refractivity contribution in [3.63, 3.8) is 0 Å². The second-order valence-electron chi connectivity index (χ2n) is 6.29. The van der Waals surface area contributed by atoms with Crippen molar-refractivity contribution < 1.29 is 27.1 Å². The minimum Gasteiger partial charge on any atom is -0.495 e. The number of hydrogen-bond donors (Lipinski definition) is 0. The smallest absolute Gasteiger partial charge is 0.340 e. The molecule has 1 aromatic heterocycles. The van der Waals surface area contributed by atoms with Crippen LogP contribution in [-0.2, 0) is 21.4 Å². The lowest BCUT2D eigenvalue weighted by atomic mass is 10.2. The van der Waals surface area contributed by atoms with E-state index in [9.17, 15) is 13.2 Å². The third-order valence-electron chi connectivity index (χ3n) is 4.32. The fraction of sp³-hybridized carbons (Fsp3) is 0.136. The molecule has 7 nitrogen and oxygen atoms in total. The molecule has 3 rings (SSSR count). The van der Waals surface area contributed by atoms with Gasteiger partial charge in [0.1, 0.15) is 18.1 Å². The van der Waals surface area contributed by atoms with Crippen LogP contribution in [0.1, 0.15) is 16.1 Å². The molecule has 0 amide bonds. The summed E-state index contributed by atoms with van der Waals surface area (Å²) in [6.45, 7) is 3.53. The van der Waals surface area contributed by atoms with Crippen LogP contribution in [-0.4, -0.2) is 28.0 Å². The highest BCUT2D eigenvalue weighted by molar-refractivity contribution is 7.92. The highest BCUT2D eigenvalue weighted by atomic mass is 35.5. The van der Waals surface area contributed by atoms with Crippen LogP contribution < -0.4 is 9.04 Å². The lowest BCUT2D eigenvalue weighted by molar-refractivity contribution is 0.0445. The average Bonchev–Trinajstić information content (AvgIpc) is 3.29. The number of benzene rings is 2. The van der Waals surface area contributed by atoms with E-state index in [1.54, 1.807) is 36.4 Å². The molecular formula is C22H20ClNO6S. The van der Waals surface area contributed by atoms with Gasteiger partial charge in [0.2, 0.25) is 0 Å². The van der Waals surface area contributed by atoms with Crippen LogP contribution in [0, 0.1) is 0 Å². The summed E-state index contributed by atoms with van der Waals surface area (Å²) >= 11 is 6.14. The zero-order chi connectivity index (χ0) is 22.4. The van der Waals surface area contributed by atoms with Gasteiger partial charge in [0.15, 0.2) is 0 Å². The van der Waals surface area contributed by atoms with E-state index in [-0.39, 0.29) is 28.6 Å². The number of carbonyl (C=O) groups excluding carboxylic acids is 1. The molecule has 0 aliphatic carbocycles. The molecule has 0 radical (unpaired) electrons. The molecule has 31 heavy (non-hydrogen) atoms. The van der Waals surface area contributed by atoms with Crippen molar-refractivity contribution in [3.05, 3.63) is 89.9 Å². The van der Waals surface area contributed by atoms with Crippen LogP contribution in [0.3, 0.4) is 0 Å². The van der Waals surface area contributed by atoms with Gasteiger partial charge in [-0.25, -0.2) is 13.2 Å². The summed E-state index contributed by atoms with van der Waals surface area (Å²) in [5.41, 5.74) is 0.259. The van der Waals surface area contributed by atoms with Gasteiger partial charge in [-0.1, -0.05) is 29.8 Å². The summed E-state index contributed by atoms with van der Waals surface area (Å²) in [5, 5.41) is 0.0657. The quantitative estimate of drug-likeness (QED) is 0.339. The fourth-order valence-corrected chi connectivity index (χ4v) is 4.50. The van der Waals surface area contributed by atoms with Gasteiger partial charge in [-0.2, -0.15) is 0 Å². The van der Waals surface area contributed by atoms with Gasteiger partial charge in [-0.3, -0.25) is 4.31 Å². The molecule has 0 N–H and O–H groups in total. The van der Waals surface area contributed by atoms with Crippen LogP contribution >= 0.6 is 11.6 Å². The van der Waals surface area contributed by atoms with Crippen molar-refractivity contribution >= 4 is 33.3 Å². The van der Waals surface area contributed by atoms with Crippen molar-refractivity contribution in [2.45, 2.75) is 11.5 Å². The number of halogens is 1. The number of methoxy groups -OCH3 is 1. The second-order valence-corrected chi connectivity index (χ2v) is 8.56. The Bertz CT molecular complexity index is 1170. The zero-order valence-corrected chi connectivity index (χ0v) is 18.2. The maximum atomic E-state index is 13.4. The average molecular weight is 462 g/mol. The van der Waals surface area contributed by atoms with Crippen molar-refractivity contribution in [1.29, 1.82) is 0 Å². The molecule has 9 heteroatoms. The molecule has 0 unspecified atom stereocenters. The summed E-state index contributed by atoms with van der Waals surface area (Å²) < 4.78 is 43.6. The Morgan fingerprint density at radius 3 is 2.65 bits per heavy atom. The van der Waals surface area contributed by atoms with E-state index in [2.05, 4.69) is 6.58 Å². The molecule has 162 valence electrons. The summed E-state index contributed by atoms with van der Waals surface area (Å²) in [4.78, 5) is 12.4. The molecule has 3 aromatic rings. The van der Waals surface area contributed by atoms with Gasteiger partial charge in [-0.15, -0.1) is 6.58 Å². The number of nitrogens with zero attached hydrogens (tertiary/aromatic N) is 1. The number of esters is 1. The molecule has 0 aliphatic rings. The lowest BCUT2D eigenvalue weighted by Crippen LogP contribution is -2.31. The van der Waals surface area contributed by atoms with Crippen LogP contribution in [0.15, 0.2) is 82.8 Å². The van der Waals surface area contributed by atoms with E-state index in [4.69, 9.17) is 25.5 Å². The van der Waals surface area contributed by atoms with Crippen molar-refractivity contribution in [2.75, 3.05) is 18.0 Å². The highest BCUT2D eigenvalue weighted by Crippen LogP contribution is 2.33. The number of ether oxygens (including phenoxy) is 2. The molecule has 0 fully saturated rings. The number of anilines is 1. The van der Waals surface area contributed by atoms with E-state index in [1.807, 2.05) is 0 Å². The van der Waals surface area contributed by atoms with Gasteiger partial charge in [0.05, 0.1) is 41.1 Å². The predicted octanol–water partition coefficient (Wildman–Crippen LogP) is 4.68. The first-order valence-electron chi connectivity index (χ1n) is 9.14. The molecule has 0 saturated heterocycles. The van der Waals surface area contributed by atoms with E-state index in [0.717, 1.165) is 4.31 Å². The monoisotopic (exact) mass is 461 g/mol. The Morgan fingerprint density at radius 2 is 1.97 bits per heavy atom.